The van der Waals surface area contributed by atoms with E-state index in [1.165, 1.54) is 11.0 Å². The van der Waals surface area contributed by atoms with E-state index in [2.05, 4.69) is 21.2 Å². The van der Waals surface area contributed by atoms with Crippen molar-refractivity contribution in [3.63, 3.8) is 0 Å². The van der Waals surface area contributed by atoms with Crippen LogP contribution in [0.3, 0.4) is 0 Å². The second-order valence-corrected chi connectivity index (χ2v) is 4.59. The van der Waals surface area contributed by atoms with Gasteiger partial charge in [0.1, 0.15) is 0 Å². The number of morpholine rings is 1. The Bertz CT molecular complexity index is 151. The van der Waals surface area contributed by atoms with Crippen molar-refractivity contribution in [1.29, 1.82) is 0 Å². The number of ether oxygens (including phenoxy) is 1. The van der Waals surface area contributed by atoms with E-state index < -0.39 is 0 Å². The van der Waals surface area contributed by atoms with Crippen molar-refractivity contribution < 1.29 is 4.74 Å². The summed E-state index contributed by atoms with van der Waals surface area (Å²) in [5.41, 5.74) is 5.25. The van der Waals surface area contributed by atoms with Gasteiger partial charge >= 0.3 is 0 Å². The summed E-state index contributed by atoms with van der Waals surface area (Å²) in [6, 6.07) is 0. The fourth-order valence-electron chi connectivity index (χ4n) is 0.734. The van der Waals surface area contributed by atoms with E-state index in [9.17, 15) is 0 Å². The smallest absolute Gasteiger partial charge is 0.174 e. The van der Waals surface area contributed by atoms with Gasteiger partial charge in [0.05, 0.1) is 13.2 Å². The van der Waals surface area contributed by atoms with Gasteiger partial charge in [0.2, 0.25) is 0 Å². The number of hydrogen-bond acceptors (Lipinski definition) is 5. The zero-order chi connectivity index (χ0) is 8.81. The van der Waals surface area contributed by atoms with E-state index >= 15 is 0 Å². The molecule has 1 aliphatic heterocycles. The maximum atomic E-state index is 5.25. The normalized spacial score (nSPS) is 19.0. The maximum Gasteiger partial charge on any atom is 0.174 e. The van der Waals surface area contributed by atoms with E-state index in [4.69, 9.17) is 10.5 Å². The molecule has 0 aliphatic carbocycles. The van der Waals surface area contributed by atoms with Crippen molar-refractivity contribution in [3.05, 3.63) is 0 Å². The lowest BCUT2D eigenvalue weighted by Gasteiger charge is -2.24. The third kappa shape index (κ3) is 4.36. The first-order valence-electron chi connectivity index (χ1n) is 3.51. The van der Waals surface area contributed by atoms with Crippen LogP contribution in [-0.4, -0.2) is 35.7 Å². The van der Waals surface area contributed by atoms with Crippen LogP contribution in [0.5, 0.6) is 0 Å². The van der Waals surface area contributed by atoms with E-state index in [1.807, 2.05) is 0 Å². The summed E-state index contributed by atoms with van der Waals surface area (Å²) in [7, 11) is 3.06. The van der Waals surface area contributed by atoms with Gasteiger partial charge in [-0.15, -0.1) is 0 Å². The number of nitrogens with zero attached hydrogens (tertiary/aromatic N) is 1. The summed E-state index contributed by atoms with van der Waals surface area (Å²) in [5.74, 6) is 0. The van der Waals surface area contributed by atoms with Crippen LogP contribution in [0.25, 0.3) is 0 Å². The second kappa shape index (κ2) is 5.87. The standard InChI is InChI=1S/C5H11N3OS3/c6-5(10)7-11-12-8-1-3-9-4-2-8/h1-4H2,(H3,6,7,10). The number of thiocarbonyl (C=S) groups is 1. The number of hydrogen-bond donors (Lipinski definition) is 2. The Hall–Kier alpha value is 0.310. The molecule has 0 bridgehead atoms. The molecule has 1 fully saturated rings. The zero-order valence-electron chi connectivity index (χ0n) is 6.49. The molecule has 12 heavy (non-hydrogen) atoms. The number of nitrogens with one attached hydrogen (secondary N) is 1. The molecule has 4 nitrogen and oxygen atoms in total. The highest BCUT2D eigenvalue weighted by Crippen LogP contribution is 2.23. The van der Waals surface area contributed by atoms with Crippen LogP contribution in [0.1, 0.15) is 0 Å². The summed E-state index contributed by atoms with van der Waals surface area (Å²) >= 11 is 4.65. The first-order valence-corrected chi connectivity index (χ1v) is 6.02. The summed E-state index contributed by atoms with van der Waals surface area (Å²) in [5, 5.41) is 0.320. The Morgan fingerprint density at radius 3 is 2.75 bits per heavy atom. The van der Waals surface area contributed by atoms with Gasteiger partial charge in [0, 0.05) is 35.0 Å². The van der Waals surface area contributed by atoms with E-state index in [-0.39, 0.29) is 0 Å². The van der Waals surface area contributed by atoms with Gasteiger partial charge in [-0.3, -0.25) is 4.72 Å². The minimum absolute atomic E-state index is 0.320. The van der Waals surface area contributed by atoms with Crippen LogP contribution < -0.4 is 10.5 Å². The van der Waals surface area contributed by atoms with Gasteiger partial charge in [-0.25, -0.2) is 4.31 Å². The molecule has 7 heteroatoms. The van der Waals surface area contributed by atoms with Crippen molar-refractivity contribution in [1.82, 2.24) is 9.03 Å². The lowest BCUT2D eigenvalue weighted by Crippen LogP contribution is -2.31. The van der Waals surface area contributed by atoms with Crippen molar-refractivity contribution in [2.45, 2.75) is 0 Å². The average Bonchev–Trinajstić information content (AvgIpc) is 2.05. The number of nitrogens with two attached hydrogens (primary N) is 1. The van der Waals surface area contributed by atoms with Gasteiger partial charge in [-0.05, 0) is 12.2 Å². The molecule has 0 radical (unpaired) electrons. The predicted molar refractivity (Wildman–Crippen MR) is 57.5 cm³/mol. The van der Waals surface area contributed by atoms with Gasteiger partial charge in [0.25, 0.3) is 0 Å². The second-order valence-electron chi connectivity index (χ2n) is 2.17. The minimum atomic E-state index is 0.320. The van der Waals surface area contributed by atoms with E-state index in [0.29, 0.717) is 5.11 Å². The summed E-state index contributed by atoms with van der Waals surface area (Å²) in [6.45, 7) is 3.52. The van der Waals surface area contributed by atoms with Gasteiger partial charge < -0.3 is 10.5 Å². The fourth-order valence-corrected chi connectivity index (χ4v) is 2.68. The molecule has 0 amide bonds. The van der Waals surface area contributed by atoms with Crippen LogP contribution in [-0.2, 0) is 4.74 Å². The Kier molecular flexibility index (Phi) is 5.08. The van der Waals surface area contributed by atoms with Crippen LogP contribution in [0, 0.1) is 0 Å². The third-order valence-corrected chi connectivity index (χ3v) is 3.55. The molecular formula is C5H11N3OS3. The first kappa shape index (κ1) is 10.4. The molecule has 0 saturated carbocycles. The summed E-state index contributed by atoms with van der Waals surface area (Å²) in [4.78, 5) is 0. The largest absolute Gasteiger partial charge is 0.379 e. The Morgan fingerprint density at radius 1 is 1.50 bits per heavy atom. The van der Waals surface area contributed by atoms with Crippen LogP contribution in [0.15, 0.2) is 0 Å². The van der Waals surface area contributed by atoms with Crippen LogP contribution in [0.4, 0.5) is 0 Å². The molecule has 0 aromatic carbocycles. The molecule has 1 aliphatic rings. The van der Waals surface area contributed by atoms with Crippen molar-refractivity contribution in [3.8, 4) is 0 Å². The Labute approximate surface area is 85.2 Å². The first-order chi connectivity index (χ1) is 5.79. The summed E-state index contributed by atoms with van der Waals surface area (Å²) < 4.78 is 10.2. The maximum absolute atomic E-state index is 5.25. The monoisotopic (exact) mass is 225 g/mol. The number of rotatable bonds is 3. The minimum Gasteiger partial charge on any atom is -0.379 e. The Balaban J connectivity index is 2.01. The molecule has 1 heterocycles. The Morgan fingerprint density at radius 2 is 2.17 bits per heavy atom. The molecule has 3 N–H and O–H groups in total. The quantitative estimate of drug-likeness (QED) is 0.409. The molecule has 1 rings (SSSR count). The highest BCUT2D eigenvalue weighted by atomic mass is 33.1. The molecule has 0 spiro atoms. The van der Waals surface area contributed by atoms with E-state index in [1.54, 1.807) is 11.0 Å². The van der Waals surface area contributed by atoms with Crippen LogP contribution in [0.2, 0.25) is 0 Å². The van der Waals surface area contributed by atoms with Crippen LogP contribution >= 0.6 is 34.2 Å². The molecular weight excluding hydrogens is 214 g/mol. The lowest BCUT2D eigenvalue weighted by molar-refractivity contribution is 0.0779. The molecule has 0 unspecified atom stereocenters. The molecule has 70 valence electrons. The molecule has 0 aromatic rings. The highest BCUT2D eigenvalue weighted by Gasteiger charge is 2.10. The topological polar surface area (TPSA) is 50.5 Å². The van der Waals surface area contributed by atoms with Crippen molar-refractivity contribution in [2.75, 3.05) is 26.3 Å². The van der Waals surface area contributed by atoms with Gasteiger partial charge in [-0.2, -0.15) is 0 Å². The molecule has 1 saturated heterocycles. The SMILES string of the molecule is NC(=S)NSSN1CCOCC1. The average molecular weight is 225 g/mol. The highest BCUT2D eigenvalue weighted by molar-refractivity contribution is 8.75. The van der Waals surface area contributed by atoms with Gasteiger partial charge in [-0.1, -0.05) is 0 Å². The third-order valence-electron chi connectivity index (χ3n) is 1.25. The van der Waals surface area contributed by atoms with Crippen molar-refractivity contribution in [2.24, 2.45) is 5.73 Å². The lowest BCUT2D eigenvalue weighted by atomic mass is 10.5. The zero-order valence-corrected chi connectivity index (χ0v) is 8.94. The summed E-state index contributed by atoms with van der Waals surface area (Å²) in [6.07, 6.45) is 0. The molecule has 0 aromatic heterocycles. The fraction of sp³-hybridized carbons (Fsp3) is 0.800. The predicted octanol–water partition coefficient (Wildman–Crippen LogP) is 0.363. The molecule has 0 atom stereocenters. The van der Waals surface area contributed by atoms with E-state index in [0.717, 1.165) is 26.3 Å². The van der Waals surface area contributed by atoms with Crippen molar-refractivity contribution >= 4 is 39.3 Å². The van der Waals surface area contributed by atoms with Gasteiger partial charge in [0.15, 0.2) is 5.11 Å².